The Labute approximate surface area is 178 Å². The van der Waals surface area contributed by atoms with Crippen molar-refractivity contribution in [2.75, 3.05) is 20.6 Å². The number of fused-ring (bicyclic) bond motifs is 1. The number of carbonyl (C=O) groups is 3. The predicted octanol–water partition coefficient (Wildman–Crippen LogP) is 3.01. The Morgan fingerprint density at radius 3 is 2.39 bits per heavy atom. The third-order valence-corrected chi connectivity index (χ3v) is 5.46. The summed E-state index contributed by atoms with van der Waals surface area (Å²) in [5.74, 6) is -2.73. The van der Waals surface area contributed by atoms with Crippen molar-refractivity contribution < 1.29 is 18.8 Å². The van der Waals surface area contributed by atoms with Crippen molar-refractivity contribution in [3.63, 3.8) is 0 Å². The number of halogens is 1. The van der Waals surface area contributed by atoms with Gasteiger partial charge in [-0.05, 0) is 35.7 Å². The summed E-state index contributed by atoms with van der Waals surface area (Å²) in [7, 11) is 2.70. The van der Waals surface area contributed by atoms with E-state index in [0.29, 0.717) is 17.7 Å². The van der Waals surface area contributed by atoms with Crippen LogP contribution in [0.5, 0.6) is 0 Å². The number of benzene rings is 2. The maximum atomic E-state index is 13.6. The van der Waals surface area contributed by atoms with Crippen molar-refractivity contribution >= 4 is 34.5 Å². The number of nitrogens with one attached hydrogen (secondary N) is 1. The average Bonchev–Trinajstić information content (AvgIpc) is 3.18. The molecule has 8 heteroatoms. The van der Waals surface area contributed by atoms with Crippen molar-refractivity contribution in [3.05, 3.63) is 71.7 Å². The summed E-state index contributed by atoms with van der Waals surface area (Å²) in [6.45, 7) is 0.284. The quantitative estimate of drug-likeness (QED) is 0.509. The minimum atomic E-state index is -1.20. The maximum Gasteiger partial charge on any atom is 0.332 e. The number of aromatic amines is 1. The standard InChI is InChI=1S/C23H21FN4O3/c1-27-21(29)19(22(30)28(2)23(27)31)20(14-6-4-3-5-7-14)25-11-10-15-13-26-18-9-8-16(24)12-17(15)18/h3-9,12-13,19,26H,10-11H2,1-2H3. The van der Waals surface area contributed by atoms with E-state index in [2.05, 4.69) is 9.98 Å². The van der Waals surface area contributed by atoms with E-state index in [0.717, 1.165) is 26.3 Å². The lowest BCUT2D eigenvalue weighted by atomic mass is 9.92. The molecule has 0 atom stereocenters. The third-order valence-electron chi connectivity index (χ3n) is 5.46. The zero-order chi connectivity index (χ0) is 22.1. The summed E-state index contributed by atoms with van der Waals surface area (Å²) < 4.78 is 13.6. The van der Waals surface area contributed by atoms with Crippen LogP contribution in [0.3, 0.4) is 0 Å². The summed E-state index contributed by atoms with van der Waals surface area (Å²) in [5, 5.41) is 0.770. The Hall–Kier alpha value is -3.81. The van der Waals surface area contributed by atoms with Gasteiger partial charge in [0.2, 0.25) is 11.8 Å². The number of urea groups is 1. The summed E-state index contributed by atoms with van der Waals surface area (Å²) in [6, 6.07) is 12.8. The molecule has 0 radical (unpaired) electrons. The van der Waals surface area contributed by atoms with Gasteiger partial charge < -0.3 is 4.98 Å². The van der Waals surface area contributed by atoms with Crippen LogP contribution in [-0.2, 0) is 16.0 Å². The third kappa shape index (κ3) is 3.72. The number of amides is 4. The van der Waals surface area contributed by atoms with Crippen LogP contribution in [0.2, 0.25) is 0 Å². The molecule has 31 heavy (non-hydrogen) atoms. The van der Waals surface area contributed by atoms with Crippen LogP contribution in [-0.4, -0.2) is 59.0 Å². The lowest BCUT2D eigenvalue weighted by molar-refractivity contribution is -0.144. The molecule has 0 bridgehead atoms. The number of hydrogen-bond acceptors (Lipinski definition) is 4. The van der Waals surface area contributed by atoms with Gasteiger partial charge in [-0.15, -0.1) is 0 Å². The summed E-state index contributed by atoms with van der Waals surface area (Å²) >= 11 is 0. The van der Waals surface area contributed by atoms with Gasteiger partial charge in [-0.1, -0.05) is 30.3 Å². The van der Waals surface area contributed by atoms with E-state index < -0.39 is 23.8 Å². The first kappa shape index (κ1) is 20.5. The topological polar surface area (TPSA) is 85.8 Å². The second-order valence-corrected chi connectivity index (χ2v) is 7.40. The minimum Gasteiger partial charge on any atom is -0.361 e. The highest BCUT2D eigenvalue weighted by Crippen LogP contribution is 2.23. The number of hydrogen-bond donors (Lipinski definition) is 1. The number of nitrogens with zero attached hydrogens (tertiary/aromatic N) is 3. The van der Waals surface area contributed by atoms with E-state index in [-0.39, 0.29) is 12.4 Å². The highest BCUT2D eigenvalue weighted by molar-refractivity contribution is 6.30. The molecule has 4 amide bonds. The van der Waals surface area contributed by atoms with Crippen molar-refractivity contribution in [1.82, 2.24) is 14.8 Å². The Morgan fingerprint density at radius 1 is 1.03 bits per heavy atom. The van der Waals surface area contributed by atoms with E-state index in [1.807, 2.05) is 6.07 Å². The van der Waals surface area contributed by atoms with Gasteiger partial charge >= 0.3 is 6.03 Å². The fraction of sp³-hybridized carbons (Fsp3) is 0.217. The highest BCUT2D eigenvalue weighted by Gasteiger charge is 2.45. The van der Waals surface area contributed by atoms with Crippen LogP contribution in [0.4, 0.5) is 9.18 Å². The Morgan fingerprint density at radius 2 is 1.71 bits per heavy atom. The molecule has 3 aromatic rings. The molecule has 0 aliphatic carbocycles. The zero-order valence-electron chi connectivity index (χ0n) is 17.1. The van der Waals surface area contributed by atoms with Gasteiger partial charge in [0.15, 0.2) is 5.92 Å². The molecule has 1 aliphatic heterocycles. The molecule has 1 N–H and O–H groups in total. The minimum absolute atomic E-state index is 0.284. The predicted molar refractivity (Wildman–Crippen MR) is 114 cm³/mol. The van der Waals surface area contributed by atoms with Crippen LogP contribution >= 0.6 is 0 Å². The second kappa shape index (κ2) is 8.14. The van der Waals surface area contributed by atoms with E-state index in [1.165, 1.54) is 26.2 Å². The molecule has 0 unspecified atom stereocenters. The molecule has 1 saturated heterocycles. The number of barbiturate groups is 1. The smallest absolute Gasteiger partial charge is 0.332 e. The number of H-pyrrole nitrogens is 1. The van der Waals surface area contributed by atoms with Crippen LogP contribution in [0.1, 0.15) is 11.1 Å². The van der Waals surface area contributed by atoms with Gasteiger partial charge in [-0.2, -0.15) is 0 Å². The molecule has 4 rings (SSSR count). The van der Waals surface area contributed by atoms with Crippen LogP contribution in [0.15, 0.2) is 59.7 Å². The zero-order valence-corrected chi connectivity index (χ0v) is 17.1. The highest BCUT2D eigenvalue weighted by atomic mass is 19.1. The molecule has 0 spiro atoms. The number of imide groups is 2. The van der Waals surface area contributed by atoms with E-state index in [4.69, 9.17) is 0 Å². The van der Waals surface area contributed by atoms with Crippen LogP contribution in [0, 0.1) is 11.7 Å². The first-order chi connectivity index (χ1) is 14.9. The molecule has 2 aromatic carbocycles. The van der Waals surface area contributed by atoms with Gasteiger partial charge in [-0.3, -0.25) is 24.4 Å². The number of rotatable bonds is 5. The van der Waals surface area contributed by atoms with Crippen molar-refractivity contribution in [1.29, 1.82) is 0 Å². The van der Waals surface area contributed by atoms with Gasteiger partial charge in [0, 0.05) is 37.7 Å². The molecule has 1 aliphatic rings. The SMILES string of the molecule is CN1C(=O)C(C(=NCCc2c[nH]c3ccc(F)cc23)c2ccccc2)C(=O)N(C)C1=O. The average molecular weight is 420 g/mol. The fourth-order valence-corrected chi connectivity index (χ4v) is 3.75. The molecule has 158 valence electrons. The summed E-state index contributed by atoms with van der Waals surface area (Å²) in [6.07, 6.45) is 2.29. The number of aliphatic imine (C=N–C) groups is 1. The molecule has 1 fully saturated rings. The molecule has 1 aromatic heterocycles. The second-order valence-electron chi connectivity index (χ2n) is 7.40. The van der Waals surface area contributed by atoms with Gasteiger partial charge in [0.25, 0.3) is 0 Å². The van der Waals surface area contributed by atoms with Crippen LogP contribution in [0.25, 0.3) is 10.9 Å². The Balaban J connectivity index is 1.68. The molecular formula is C23H21FN4O3. The van der Waals surface area contributed by atoms with Gasteiger partial charge in [0.1, 0.15) is 5.82 Å². The first-order valence-corrected chi connectivity index (χ1v) is 9.83. The first-order valence-electron chi connectivity index (χ1n) is 9.83. The van der Waals surface area contributed by atoms with Gasteiger partial charge in [0.05, 0.1) is 5.71 Å². The summed E-state index contributed by atoms with van der Waals surface area (Å²) in [5.41, 5.74) is 2.66. The van der Waals surface area contributed by atoms with E-state index in [1.54, 1.807) is 36.5 Å². The van der Waals surface area contributed by atoms with E-state index >= 15 is 0 Å². The maximum absolute atomic E-state index is 13.6. The van der Waals surface area contributed by atoms with Crippen molar-refractivity contribution in [3.8, 4) is 0 Å². The Kier molecular flexibility index (Phi) is 5.37. The lowest BCUT2D eigenvalue weighted by Gasteiger charge is -2.33. The normalized spacial score (nSPS) is 16.0. The monoisotopic (exact) mass is 420 g/mol. The number of aromatic nitrogens is 1. The van der Waals surface area contributed by atoms with Crippen molar-refractivity contribution in [2.45, 2.75) is 6.42 Å². The molecule has 7 nitrogen and oxygen atoms in total. The van der Waals surface area contributed by atoms with E-state index in [9.17, 15) is 18.8 Å². The summed E-state index contributed by atoms with van der Waals surface area (Å²) in [4.78, 5) is 47.4. The molecule has 2 heterocycles. The largest absolute Gasteiger partial charge is 0.361 e. The Bertz CT molecular complexity index is 1180. The fourth-order valence-electron chi connectivity index (χ4n) is 3.75. The number of carbonyl (C=O) groups excluding carboxylic acids is 3. The van der Waals surface area contributed by atoms with Crippen LogP contribution < -0.4 is 0 Å². The van der Waals surface area contributed by atoms with Gasteiger partial charge in [-0.25, -0.2) is 9.18 Å². The van der Waals surface area contributed by atoms with Crippen molar-refractivity contribution in [2.24, 2.45) is 10.9 Å². The lowest BCUT2D eigenvalue weighted by Crippen LogP contribution is -2.59. The molecule has 0 saturated carbocycles. The molecular weight excluding hydrogens is 399 g/mol.